The first-order valence-corrected chi connectivity index (χ1v) is 9.74. The standard InChI is InChI=1S/C22H18F3N5O3/c23-22(24,25)14-27-21(31)29-17-4-1-3-16(10-17)19-12-26-20-9-15(6-7-30(19)20)11-28-33-13-18-5-2-8-32-18/h1-12H,13-14H2,(H2,27,29,31)/b28-11+. The van der Waals surface area contributed by atoms with Crippen molar-refractivity contribution in [3.8, 4) is 11.3 Å². The molecule has 0 fully saturated rings. The summed E-state index contributed by atoms with van der Waals surface area (Å²) in [4.78, 5) is 21.3. The molecule has 3 heterocycles. The number of rotatable bonds is 7. The van der Waals surface area contributed by atoms with Crippen molar-refractivity contribution < 1.29 is 27.2 Å². The van der Waals surface area contributed by atoms with Gasteiger partial charge >= 0.3 is 12.2 Å². The van der Waals surface area contributed by atoms with Gasteiger partial charge in [-0.1, -0.05) is 17.3 Å². The highest BCUT2D eigenvalue weighted by atomic mass is 19.4. The van der Waals surface area contributed by atoms with Crippen molar-refractivity contribution in [2.24, 2.45) is 5.16 Å². The SMILES string of the molecule is O=C(NCC(F)(F)F)Nc1cccc(-c2cnc3cc(/C=N/OCc4ccco4)ccn23)c1. The van der Waals surface area contributed by atoms with Crippen LogP contribution >= 0.6 is 0 Å². The van der Waals surface area contributed by atoms with Crippen molar-refractivity contribution in [3.05, 3.63) is 78.5 Å². The normalized spacial score (nSPS) is 11.7. The molecule has 0 spiro atoms. The largest absolute Gasteiger partial charge is 0.466 e. The summed E-state index contributed by atoms with van der Waals surface area (Å²) in [6.45, 7) is -1.19. The first-order chi connectivity index (χ1) is 15.9. The summed E-state index contributed by atoms with van der Waals surface area (Å²) in [5.74, 6) is 0.662. The third kappa shape index (κ3) is 5.91. The lowest BCUT2D eigenvalue weighted by Crippen LogP contribution is -2.36. The van der Waals surface area contributed by atoms with Crippen molar-refractivity contribution >= 4 is 23.6 Å². The lowest BCUT2D eigenvalue weighted by Gasteiger charge is -2.10. The minimum absolute atomic E-state index is 0.220. The Kier molecular flexibility index (Phi) is 6.29. The highest BCUT2D eigenvalue weighted by Gasteiger charge is 2.27. The number of hydrogen-bond acceptors (Lipinski definition) is 5. The Morgan fingerprint density at radius 3 is 2.88 bits per heavy atom. The second kappa shape index (κ2) is 9.47. The molecule has 2 amide bonds. The lowest BCUT2D eigenvalue weighted by atomic mass is 10.1. The number of anilines is 1. The summed E-state index contributed by atoms with van der Waals surface area (Å²) < 4.78 is 43.8. The molecule has 0 saturated heterocycles. The molecule has 1 aromatic carbocycles. The molecular formula is C22H18F3N5O3. The van der Waals surface area contributed by atoms with Gasteiger partial charge in [0, 0.05) is 23.0 Å². The minimum Gasteiger partial charge on any atom is -0.466 e. The van der Waals surface area contributed by atoms with E-state index in [1.807, 2.05) is 22.7 Å². The van der Waals surface area contributed by atoms with Gasteiger partial charge in [0.2, 0.25) is 0 Å². The molecule has 4 rings (SSSR count). The van der Waals surface area contributed by atoms with Crippen LogP contribution in [0.1, 0.15) is 11.3 Å². The maximum atomic E-state index is 12.3. The van der Waals surface area contributed by atoms with Crippen LogP contribution in [0.3, 0.4) is 0 Å². The molecule has 0 aliphatic heterocycles. The summed E-state index contributed by atoms with van der Waals surface area (Å²) in [5.41, 5.74) is 3.23. The van der Waals surface area contributed by atoms with E-state index in [0.29, 0.717) is 17.1 Å². The number of nitrogens with zero attached hydrogens (tertiary/aromatic N) is 3. The molecule has 170 valence electrons. The molecule has 0 atom stereocenters. The molecule has 0 aliphatic carbocycles. The first kappa shape index (κ1) is 21.9. The van der Waals surface area contributed by atoms with E-state index in [4.69, 9.17) is 9.25 Å². The highest BCUT2D eigenvalue weighted by molar-refractivity contribution is 5.90. The quantitative estimate of drug-likeness (QED) is 0.307. The number of urea groups is 1. The van der Waals surface area contributed by atoms with E-state index in [9.17, 15) is 18.0 Å². The number of fused-ring (bicyclic) bond motifs is 1. The Labute approximate surface area is 185 Å². The third-order valence-electron chi connectivity index (χ3n) is 4.47. The van der Waals surface area contributed by atoms with Crippen LogP contribution in [0.4, 0.5) is 23.7 Å². The fourth-order valence-corrected chi connectivity index (χ4v) is 3.00. The van der Waals surface area contributed by atoms with Crippen LogP contribution in [-0.2, 0) is 11.4 Å². The van der Waals surface area contributed by atoms with Crippen LogP contribution in [0.5, 0.6) is 0 Å². The fourth-order valence-electron chi connectivity index (χ4n) is 3.00. The minimum atomic E-state index is -4.48. The number of amides is 2. The highest BCUT2D eigenvalue weighted by Crippen LogP contribution is 2.24. The Hall–Kier alpha value is -4.28. The molecule has 3 aromatic heterocycles. The zero-order valence-electron chi connectivity index (χ0n) is 17.0. The summed E-state index contributed by atoms with van der Waals surface area (Å²) >= 11 is 0. The number of carbonyl (C=O) groups excluding carboxylic acids is 1. The maximum absolute atomic E-state index is 12.3. The summed E-state index contributed by atoms with van der Waals surface area (Å²) in [6, 6.07) is 13.0. The molecule has 2 N–H and O–H groups in total. The van der Waals surface area contributed by atoms with E-state index in [-0.39, 0.29) is 6.61 Å². The summed E-state index contributed by atoms with van der Waals surface area (Å²) in [5, 5.41) is 8.08. The predicted molar refractivity (Wildman–Crippen MR) is 115 cm³/mol. The van der Waals surface area contributed by atoms with Crippen LogP contribution in [0.2, 0.25) is 0 Å². The first-order valence-electron chi connectivity index (χ1n) is 9.74. The molecule has 11 heteroatoms. The number of oxime groups is 1. The number of imidazole rings is 1. The molecule has 4 aromatic rings. The number of halogens is 3. The number of hydrogen-bond donors (Lipinski definition) is 2. The van der Waals surface area contributed by atoms with Crippen molar-refractivity contribution in [1.29, 1.82) is 0 Å². The molecule has 8 nitrogen and oxygen atoms in total. The zero-order valence-corrected chi connectivity index (χ0v) is 17.0. The average molecular weight is 457 g/mol. The van der Waals surface area contributed by atoms with Gasteiger partial charge in [-0.3, -0.25) is 4.40 Å². The van der Waals surface area contributed by atoms with Gasteiger partial charge in [-0.05, 0) is 36.4 Å². The Morgan fingerprint density at radius 2 is 2.09 bits per heavy atom. The number of carbonyl (C=O) groups is 1. The van der Waals surface area contributed by atoms with Crippen LogP contribution in [0, 0.1) is 0 Å². The van der Waals surface area contributed by atoms with Crippen LogP contribution in [0.25, 0.3) is 16.9 Å². The molecule has 0 radical (unpaired) electrons. The van der Waals surface area contributed by atoms with E-state index in [2.05, 4.69) is 15.5 Å². The number of pyridine rings is 1. The van der Waals surface area contributed by atoms with Crippen molar-refractivity contribution in [1.82, 2.24) is 14.7 Å². The number of nitrogens with one attached hydrogen (secondary N) is 2. The number of benzene rings is 1. The summed E-state index contributed by atoms with van der Waals surface area (Å²) in [6.07, 6.45) is 2.10. The molecular weight excluding hydrogens is 439 g/mol. The van der Waals surface area contributed by atoms with Gasteiger partial charge in [0.05, 0.1) is 24.4 Å². The monoisotopic (exact) mass is 457 g/mol. The molecule has 0 aliphatic rings. The van der Waals surface area contributed by atoms with E-state index >= 15 is 0 Å². The molecule has 0 bridgehead atoms. The molecule has 33 heavy (non-hydrogen) atoms. The number of furan rings is 1. The molecule has 0 saturated carbocycles. The van der Waals surface area contributed by atoms with Crippen molar-refractivity contribution in [2.75, 3.05) is 11.9 Å². The van der Waals surface area contributed by atoms with Crippen LogP contribution in [-0.4, -0.2) is 34.4 Å². The van der Waals surface area contributed by atoms with Crippen LogP contribution < -0.4 is 10.6 Å². The van der Waals surface area contributed by atoms with E-state index < -0.39 is 18.8 Å². The Bertz CT molecular complexity index is 1270. The van der Waals surface area contributed by atoms with E-state index in [1.54, 1.807) is 60.4 Å². The number of alkyl halides is 3. The van der Waals surface area contributed by atoms with Gasteiger partial charge in [-0.15, -0.1) is 0 Å². The smallest absolute Gasteiger partial charge is 0.405 e. The third-order valence-corrected chi connectivity index (χ3v) is 4.47. The van der Waals surface area contributed by atoms with Gasteiger partial charge in [0.1, 0.15) is 18.0 Å². The number of aromatic nitrogens is 2. The fraction of sp³-hybridized carbons (Fsp3) is 0.136. The Balaban J connectivity index is 1.44. The lowest BCUT2D eigenvalue weighted by molar-refractivity contribution is -0.122. The van der Waals surface area contributed by atoms with Gasteiger partial charge in [-0.25, -0.2) is 9.78 Å². The van der Waals surface area contributed by atoms with Gasteiger partial charge in [-0.2, -0.15) is 13.2 Å². The van der Waals surface area contributed by atoms with E-state index in [0.717, 1.165) is 16.8 Å². The van der Waals surface area contributed by atoms with Crippen molar-refractivity contribution in [3.63, 3.8) is 0 Å². The average Bonchev–Trinajstić information content (AvgIpc) is 3.45. The maximum Gasteiger partial charge on any atom is 0.405 e. The van der Waals surface area contributed by atoms with Gasteiger partial charge < -0.3 is 19.9 Å². The van der Waals surface area contributed by atoms with Crippen LogP contribution in [0.15, 0.2) is 76.8 Å². The second-order valence-corrected chi connectivity index (χ2v) is 6.92. The Morgan fingerprint density at radius 1 is 1.21 bits per heavy atom. The molecule has 0 unspecified atom stereocenters. The topological polar surface area (TPSA) is 93.2 Å². The zero-order chi connectivity index (χ0) is 23.3. The van der Waals surface area contributed by atoms with Gasteiger partial charge in [0.15, 0.2) is 6.61 Å². The van der Waals surface area contributed by atoms with Crippen molar-refractivity contribution in [2.45, 2.75) is 12.8 Å². The van der Waals surface area contributed by atoms with E-state index in [1.165, 1.54) is 0 Å². The predicted octanol–water partition coefficient (Wildman–Crippen LogP) is 4.83. The second-order valence-electron chi connectivity index (χ2n) is 6.92. The summed E-state index contributed by atoms with van der Waals surface area (Å²) in [7, 11) is 0. The van der Waals surface area contributed by atoms with Gasteiger partial charge in [0.25, 0.3) is 0 Å².